The standard InChI is InChI=1S/C20H30O2/c1-19-10-8-14(21)12-13(19)6-7-15-16-4-3-5-18(22)20(16,2)11-9-17(15)19/h3-4,13,15-18,22H,5-12H2,1-2H3/t13-,15-,16-,17-,18-,19-,20-/m0/s1. The molecule has 22 heavy (non-hydrogen) atoms. The molecule has 2 nitrogen and oxygen atoms in total. The Labute approximate surface area is 134 Å². The highest BCUT2D eigenvalue weighted by Gasteiger charge is 2.58. The number of hydrogen-bond acceptors (Lipinski definition) is 2. The highest BCUT2D eigenvalue weighted by atomic mass is 16.3. The smallest absolute Gasteiger partial charge is 0.133 e. The quantitative estimate of drug-likeness (QED) is 0.683. The third kappa shape index (κ3) is 1.92. The lowest BCUT2D eigenvalue weighted by atomic mass is 9.43. The van der Waals surface area contributed by atoms with Crippen molar-refractivity contribution in [2.45, 2.75) is 71.3 Å². The summed E-state index contributed by atoms with van der Waals surface area (Å²) < 4.78 is 0. The first-order valence-corrected chi connectivity index (χ1v) is 9.31. The number of Topliss-reactive ketones (excluding diaryl/α,β-unsaturated/α-hetero) is 1. The van der Waals surface area contributed by atoms with Crippen LogP contribution < -0.4 is 0 Å². The number of hydrogen-bond donors (Lipinski definition) is 1. The zero-order chi connectivity index (χ0) is 15.5. The molecule has 2 heteroatoms. The number of fused-ring (bicyclic) bond motifs is 5. The molecule has 3 fully saturated rings. The maximum absolute atomic E-state index is 11.9. The summed E-state index contributed by atoms with van der Waals surface area (Å²) in [5.74, 6) is 3.14. The zero-order valence-electron chi connectivity index (χ0n) is 14.1. The average Bonchev–Trinajstić information content (AvgIpc) is 2.49. The van der Waals surface area contributed by atoms with Gasteiger partial charge in [0.05, 0.1) is 6.10 Å². The van der Waals surface area contributed by atoms with E-state index in [-0.39, 0.29) is 11.5 Å². The first-order chi connectivity index (χ1) is 10.4. The van der Waals surface area contributed by atoms with E-state index in [1.807, 2.05) is 0 Å². The van der Waals surface area contributed by atoms with Gasteiger partial charge < -0.3 is 5.11 Å². The Morgan fingerprint density at radius 1 is 1.14 bits per heavy atom. The zero-order valence-corrected chi connectivity index (χ0v) is 14.1. The summed E-state index contributed by atoms with van der Waals surface area (Å²) in [6, 6.07) is 0. The first-order valence-electron chi connectivity index (χ1n) is 9.31. The van der Waals surface area contributed by atoms with Gasteiger partial charge in [-0.05, 0) is 67.6 Å². The van der Waals surface area contributed by atoms with Crippen LogP contribution in [0.2, 0.25) is 0 Å². The van der Waals surface area contributed by atoms with Crippen molar-refractivity contribution in [3.8, 4) is 0 Å². The number of carbonyl (C=O) groups is 1. The van der Waals surface area contributed by atoms with Crippen LogP contribution in [0.5, 0.6) is 0 Å². The predicted molar refractivity (Wildman–Crippen MR) is 87.3 cm³/mol. The van der Waals surface area contributed by atoms with E-state index >= 15 is 0 Å². The Kier molecular flexibility index (Phi) is 3.35. The Balaban J connectivity index is 1.66. The monoisotopic (exact) mass is 302 g/mol. The fourth-order valence-corrected chi connectivity index (χ4v) is 6.70. The molecule has 122 valence electrons. The Morgan fingerprint density at radius 3 is 2.77 bits per heavy atom. The van der Waals surface area contributed by atoms with Crippen LogP contribution >= 0.6 is 0 Å². The summed E-state index contributed by atoms with van der Waals surface area (Å²) in [7, 11) is 0. The van der Waals surface area contributed by atoms with Gasteiger partial charge in [-0.3, -0.25) is 4.79 Å². The fourth-order valence-electron chi connectivity index (χ4n) is 6.70. The van der Waals surface area contributed by atoms with Crippen LogP contribution in [0.4, 0.5) is 0 Å². The molecule has 1 N–H and O–H groups in total. The minimum Gasteiger partial charge on any atom is -0.392 e. The summed E-state index contributed by atoms with van der Waals surface area (Å²) in [4.78, 5) is 11.9. The minimum atomic E-state index is -0.165. The SMILES string of the molecule is C[C@]12CCC(=O)C[C@@H]1CC[C@H]1[C@@H]3C=CC[C@H](O)[C@@]3(C)CC[C@@H]12. The van der Waals surface area contributed by atoms with Gasteiger partial charge in [0.2, 0.25) is 0 Å². The summed E-state index contributed by atoms with van der Waals surface area (Å²) in [5, 5.41) is 10.6. The number of allylic oxidation sites excluding steroid dienone is 1. The number of carbonyl (C=O) groups excluding carboxylic acids is 1. The Morgan fingerprint density at radius 2 is 1.95 bits per heavy atom. The number of ketones is 1. The third-order valence-electron chi connectivity index (χ3n) is 8.24. The third-order valence-corrected chi connectivity index (χ3v) is 8.24. The molecule has 7 atom stereocenters. The van der Waals surface area contributed by atoms with Crippen LogP contribution in [0, 0.1) is 34.5 Å². The molecule has 0 unspecified atom stereocenters. The van der Waals surface area contributed by atoms with Crippen molar-refractivity contribution in [2.75, 3.05) is 0 Å². The number of aliphatic hydroxyl groups is 1. The average molecular weight is 302 g/mol. The number of rotatable bonds is 0. The molecular formula is C20H30O2. The number of aliphatic hydroxyl groups excluding tert-OH is 1. The van der Waals surface area contributed by atoms with E-state index in [0.29, 0.717) is 23.0 Å². The molecule has 0 aliphatic heterocycles. The predicted octanol–water partition coefficient (Wildman–Crippen LogP) is 4.13. The summed E-state index contributed by atoms with van der Waals surface area (Å²) in [5.41, 5.74) is 0.456. The molecule has 0 saturated heterocycles. The maximum Gasteiger partial charge on any atom is 0.133 e. The van der Waals surface area contributed by atoms with Crippen molar-refractivity contribution < 1.29 is 9.90 Å². The van der Waals surface area contributed by atoms with E-state index in [1.165, 1.54) is 19.3 Å². The topological polar surface area (TPSA) is 37.3 Å². The molecule has 0 amide bonds. The van der Waals surface area contributed by atoms with Gasteiger partial charge in [0.15, 0.2) is 0 Å². The van der Waals surface area contributed by atoms with Crippen molar-refractivity contribution in [1.29, 1.82) is 0 Å². The van der Waals surface area contributed by atoms with E-state index < -0.39 is 0 Å². The van der Waals surface area contributed by atoms with E-state index in [2.05, 4.69) is 26.0 Å². The molecule has 0 spiro atoms. The highest BCUT2D eigenvalue weighted by molar-refractivity contribution is 5.79. The van der Waals surface area contributed by atoms with Gasteiger partial charge in [-0.15, -0.1) is 0 Å². The minimum absolute atomic E-state index is 0.0869. The van der Waals surface area contributed by atoms with Crippen molar-refractivity contribution in [3.05, 3.63) is 12.2 Å². The lowest BCUT2D eigenvalue weighted by molar-refractivity contribution is -0.146. The molecule has 0 aromatic rings. The van der Waals surface area contributed by atoms with Gasteiger partial charge in [-0.25, -0.2) is 0 Å². The molecule has 4 aliphatic carbocycles. The summed E-state index contributed by atoms with van der Waals surface area (Å²) in [6.07, 6.45) is 12.9. The molecule has 4 rings (SSSR count). The van der Waals surface area contributed by atoms with E-state index in [0.717, 1.165) is 43.9 Å². The van der Waals surface area contributed by atoms with Crippen molar-refractivity contribution in [1.82, 2.24) is 0 Å². The van der Waals surface area contributed by atoms with Crippen molar-refractivity contribution in [2.24, 2.45) is 34.5 Å². The largest absolute Gasteiger partial charge is 0.392 e. The molecule has 0 radical (unpaired) electrons. The Hall–Kier alpha value is -0.630. The van der Waals surface area contributed by atoms with Gasteiger partial charge in [0.1, 0.15) is 5.78 Å². The van der Waals surface area contributed by atoms with Crippen LogP contribution in [0.1, 0.15) is 65.2 Å². The molecule has 0 aromatic heterocycles. The maximum atomic E-state index is 11.9. The van der Waals surface area contributed by atoms with Crippen LogP contribution in [-0.2, 0) is 4.79 Å². The first kappa shape index (κ1) is 14.9. The van der Waals surface area contributed by atoms with Gasteiger partial charge >= 0.3 is 0 Å². The summed E-state index contributed by atoms with van der Waals surface area (Å²) in [6.45, 7) is 4.80. The highest BCUT2D eigenvalue weighted by Crippen LogP contribution is 2.64. The second kappa shape index (κ2) is 4.93. The van der Waals surface area contributed by atoms with Gasteiger partial charge in [0, 0.05) is 18.3 Å². The molecular weight excluding hydrogens is 272 g/mol. The lowest BCUT2D eigenvalue weighted by Crippen LogP contribution is -2.56. The lowest BCUT2D eigenvalue weighted by Gasteiger charge is -2.61. The van der Waals surface area contributed by atoms with E-state index in [1.54, 1.807) is 0 Å². The summed E-state index contributed by atoms with van der Waals surface area (Å²) >= 11 is 0. The second-order valence-electron chi connectivity index (χ2n) is 9.04. The molecule has 0 heterocycles. The van der Waals surface area contributed by atoms with Gasteiger partial charge in [0.25, 0.3) is 0 Å². The molecule has 0 bridgehead atoms. The normalized spacial score (nSPS) is 54.3. The fraction of sp³-hybridized carbons (Fsp3) is 0.850. The van der Waals surface area contributed by atoms with Crippen LogP contribution in [-0.4, -0.2) is 17.0 Å². The Bertz CT molecular complexity index is 510. The molecule has 3 saturated carbocycles. The van der Waals surface area contributed by atoms with Crippen LogP contribution in [0.15, 0.2) is 12.2 Å². The second-order valence-corrected chi connectivity index (χ2v) is 9.04. The molecule has 4 aliphatic rings. The van der Waals surface area contributed by atoms with Crippen molar-refractivity contribution in [3.63, 3.8) is 0 Å². The van der Waals surface area contributed by atoms with E-state index in [9.17, 15) is 9.90 Å². The van der Waals surface area contributed by atoms with Gasteiger partial charge in [-0.2, -0.15) is 0 Å². The van der Waals surface area contributed by atoms with Gasteiger partial charge in [-0.1, -0.05) is 26.0 Å². The molecule has 0 aromatic carbocycles. The van der Waals surface area contributed by atoms with Crippen LogP contribution in [0.3, 0.4) is 0 Å². The van der Waals surface area contributed by atoms with Crippen LogP contribution in [0.25, 0.3) is 0 Å². The van der Waals surface area contributed by atoms with E-state index in [4.69, 9.17) is 0 Å². The van der Waals surface area contributed by atoms with Crippen molar-refractivity contribution >= 4 is 5.78 Å².